The van der Waals surface area contributed by atoms with E-state index in [9.17, 15) is 0 Å². The van der Waals surface area contributed by atoms with Gasteiger partial charge in [-0.3, -0.25) is 10.1 Å². The standard InChI is InChI=1S/C13H12N4S/c1-8-6-18-7-10(8)12-11(13(14)17-16-12)9-3-2-4-15-5-9/h2-7H,1H3,(H3,14,16,17). The lowest BCUT2D eigenvalue weighted by molar-refractivity contribution is 1.10. The van der Waals surface area contributed by atoms with Gasteiger partial charge in [0.2, 0.25) is 0 Å². The van der Waals surface area contributed by atoms with Gasteiger partial charge in [0, 0.05) is 28.9 Å². The average molecular weight is 256 g/mol. The Morgan fingerprint density at radius 3 is 2.89 bits per heavy atom. The van der Waals surface area contributed by atoms with Crippen molar-refractivity contribution < 1.29 is 0 Å². The molecule has 0 aromatic carbocycles. The molecule has 90 valence electrons. The van der Waals surface area contributed by atoms with Crippen LogP contribution in [0.4, 0.5) is 5.82 Å². The van der Waals surface area contributed by atoms with Crippen LogP contribution in [0.25, 0.3) is 22.4 Å². The van der Waals surface area contributed by atoms with Gasteiger partial charge in [0.1, 0.15) is 0 Å². The topological polar surface area (TPSA) is 67.6 Å². The number of thiophene rings is 1. The van der Waals surface area contributed by atoms with Crippen LogP contribution < -0.4 is 5.73 Å². The average Bonchev–Trinajstić information content (AvgIpc) is 2.96. The first-order chi connectivity index (χ1) is 8.77. The number of nitrogens with one attached hydrogen (secondary N) is 1. The van der Waals surface area contributed by atoms with Gasteiger partial charge in [0.05, 0.1) is 11.3 Å². The molecule has 3 heterocycles. The second kappa shape index (κ2) is 4.27. The van der Waals surface area contributed by atoms with Crippen LogP contribution in [0.2, 0.25) is 0 Å². The normalized spacial score (nSPS) is 10.7. The summed E-state index contributed by atoms with van der Waals surface area (Å²) in [5, 5.41) is 11.3. The lowest BCUT2D eigenvalue weighted by Gasteiger charge is -2.03. The van der Waals surface area contributed by atoms with Crippen molar-refractivity contribution >= 4 is 17.2 Å². The van der Waals surface area contributed by atoms with Crippen molar-refractivity contribution in [2.24, 2.45) is 0 Å². The lowest BCUT2D eigenvalue weighted by Crippen LogP contribution is -1.89. The van der Waals surface area contributed by atoms with E-state index in [1.807, 2.05) is 12.1 Å². The minimum absolute atomic E-state index is 0.503. The van der Waals surface area contributed by atoms with Crippen LogP contribution in [0.3, 0.4) is 0 Å². The molecule has 0 spiro atoms. The number of aromatic amines is 1. The molecule has 3 N–H and O–H groups in total. The Balaban J connectivity index is 2.22. The van der Waals surface area contributed by atoms with Crippen molar-refractivity contribution in [2.45, 2.75) is 6.92 Å². The van der Waals surface area contributed by atoms with Crippen LogP contribution in [0.5, 0.6) is 0 Å². The van der Waals surface area contributed by atoms with E-state index >= 15 is 0 Å². The number of hydrogen-bond acceptors (Lipinski definition) is 4. The second-order valence-electron chi connectivity index (χ2n) is 4.07. The predicted octanol–water partition coefficient (Wildman–Crippen LogP) is 3.09. The predicted molar refractivity (Wildman–Crippen MR) is 74.3 cm³/mol. The molecule has 0 saturated heterocycles. The maximum absolute atomic E-state index is 5.96. The molecule has 0 bridgehead atoms. The van der Waals surface area contributed by atoms with Gasteiger partial charge < -0.3 is 5.73 Å². The third-order valence-corrected chi connectivity index (χ3v) is 3.73. The quantitative estimate of drug-likeness (QED) is 0.740. The summed E-state index contributed by atoms with van der Waals surface area (Å²) < 4.78 is 0. The number of aromatic nitrogens is 3. The highest BCUT2D eigenvalue weighted by Gasteiger charge is 2.16. The van der Waals surface area contributed by atoms with Crippen molar-refractivity contribution in [3.8, 4) is 22.4 Å². The molecule has 18 heavy (non-hydrogen) atoms. The maximum atomic E-state index is 5.96. The van der Waals surface area contributed by atoms with Crippen molar-refractivity contribution in [2.75, 3.05) is 5.73 Å². The van der Waals surface area contributed by atoms with Crippen molar-refractivity contribution in [1.82, 2.24) is 15.2 Å². The van der Waals surface area contributed by atoms with E-state index in [4.69, 9.17) is 5.73 Å². The zero-order valence-corrected chi connectivity index (χ0v) is 10.7. The van der Waals surface area contributed by atoms with Crippen molar-refractivity contribution in [1.29, 1.82) is 0 Å². The Morgan fingerprint density at radius 1 is 1.33 bits per heavy atom. The summed E-state index contributed by atoms with van der Waals surface area (Å²) in [6, 6.07) is 3.88. The third-order valence-electron chi connectivity index (χ3n) is 2.87. The number of nitrogen functional groups attached to an aromatic ring is 1. The van der Waals surface area contributed by atoms with Crippen molar-refractivity contribution in [3.63, 3.8) is 0 Å². The Hall–Kier alpha value is -2.14. The van der Waals surface area contributed by atoms with Gasteiger partial charge >= 0.3 is 0 Å². The Bertz CT molecular complexity index is 669. The van der Waals surface area contributed by atoms with Crippen LogP contribution in [-0.2, 0) is 0 Å². The molecule has 0 fully saturated rings. The first kappa shape index (κ1) is 11.0. The highest BCUT2D eigenvalue weighted by atomic mass is 32.1. The number of anilines is 1. The summed E-state index contributed by atoms with van der Waals surface area (Å²) in [5.74, 6) is 0.503. The molecule has 0 aliphatic rings. The summed E-state index contributed by atoms with van der Waals surface area (Å²) in [7, 11) is 0. The number of hydrogen-bond donors (Lipinski definition) is 2. The molecule has 0 aliphatic carbocycles. The summed E-state index contributed by atoms with van der Waals surface area (Å²) in [4.78, 5) is 4.13. The number of H-pyrrole nitrogens is 1. The lowest BCUT2D eigenvalue weighted by atomic mass is 10.0. The van der Waals surface area contributed by atoms with Gasteiger partial charge in [-0.05, 0) is 23.9 Å². The number of rotatable bonds is 2. The van der Waals surface area contributed by atoms with Crippen molar-refractivity contribution in [3.05, 3.63) is 40.8 Å². The molecule has 0 atom stereocenters. The fraction of sp³-hybridized carbons (Fsp3) is 0.0769. The van der Waals surface area contributed by atoms with E-state index in [1.165, 1.54) is 5.56 Å². The summed E-state index contributed by atoms with van der Waals surface area (Å²) in [6.07, 6.45) is 3.54. The molecular weight excluding hydrogens is 244 g/mol. The molecule has 0 radical (unpaired) electrons. The molecule has 4 nitrogen and oxygen atoms in total. The van der Waals surface area contributed by atoms with Gasteiger partial charge in [-0.1, -0.05) is 6.07 Å². The van der Waals surface area contributed by atoms with E-state index in [-0.39, 0.29) is 0 Å². The zero-order valence-electron chi connectivity index (χ0n) is 9.84. The molecule has 0 saturated carbocycles. The molecule has 0 amide bonds. The van der Waals surface area contributed by atoms with Crippen LogP contribution in [-0.4, -0.2) is 15.2 Å². The highest BCUT2D eigenvalue weighted by molar-refractivity contribution is 7.08. The molecule has 5 heteroatoms. The van der Waals surface area contributed by atoms with Gasteiger partial charge in [0.25, 0.3) is 0 Å². The first-order valence-electron chi connectivity index (χ1n) is 5.55. The Labute approximate surface area is 109 Å². The van der Waals surface area contributed by atoms with Crippen LogP contribution in [0.1, 0.15) is 5.56 Å². The van der Waals surface area contributed by atoms with Crippen LogP contribution in [0, 0.1) is 6.92 Å². The van der Waals surface area contributed by atoms with E-state index in [0.29, 0.717) is 5.82 Å². The largest absolute Gasteiger partial charge is 0.382 e. The third kappa shape index (κ3) is 1.69. The minimum Gasteiger partial charge on any atom is -0.382 e. The molecule has 3 aromatic heterocycles. The fourth-order valence-electron chi connectivity index (χ4n) is 1.97. The monoisotopic (exact) mass is 256 g/mol. The van der Waals surface area contributed by atoms with E-state index < -0.39 is 0 Å². The SMILES string of the molecule is Cc1cscc1-c1[nH]nc(N)c1-c1cccnc1. The molecule has 3 aromatic rings. The second-order valence-corrected chi connectivity index (χ2v) is 4.81. The Morgan fingerprint density at radius 2 is 2.22 bits per heavy atom. The summed E-state index contributed by atoms with van der Waals surface area (Å²) >= 11 is 1.67. The van der Waals surface area contributed by atoms with Gasteiger partial charge in [-0.2, -0.15) is 16.4 Å². The number of pyridine rings is 1. The number of nitrogens with zero attached hydrogens (tertiary/aromatic N) is 2. The van der Waals surface area contributed by atoms with Gasteiger partial charge in [-0.25, -0.2) is 0 Å². The number of nitrogens with two attached hydrogens (primary N) is 1. The van der Waals surface area contributed by atoms with Gasteiger partial charge in [0.15, 0.2) is 5.82 Å². The molecule has 3 rings (SSSR count). The molecule has 0 unspecified atom stereocenters. The fourth-order valence-corrected chi connectivity index (χ4v) is 2.81. The van der Waals surface area contributed by atoms with Crippen LogP contribution in [0.15, 0.2) is 35.3 Å². The number of aryl methyl sites for hydroxylation is 1. The summed E-state index contributed by atoms with van der Waals surface area (Å²) in [6.45, 7) is 2.08. The zero-order chi connectivity index (χ0) is 12.5. The van der Waals surface area contributed by atoms with E-state index in [0.717, 1.165) is 22.4 Å². The molecular formula is C13H12N4S. The van der Waals surface area contributed by atoms with E-state index in [1.54, 1.807) is 23.7 Å². The highest BCUT2D eigenvalue weighted by Crippen LogP contribution is 2.36. The minimum atomic E-state index is 0.503. The maximum Gasteiger partial charge on any atom is 0.153 e. The molecule has 0 aliphatic heterocycles. The first-order valence-corrected chi connectivity index (χ1v) is 6.49. The Kier molecular flexibility index (Phi) is 2.60. The smallest absolute Gasteiger partial charge is 0.153 e. The van der Waals surface area contributed by atoms with Crippen LogP contribution >= 0.6 is 11.3 Å². The van der Waals surface area contributed by atoms with Gasteiger partial charge in [-0.15, -0.1) is 0 Å². The summed E-state index contributed by atoms with van der Waals surface area (Å²) in [5.41, 5.74) is 11.2. The van der Waals surface area contributed by atoms with E-state index in [2.05, 4.69) is 32.9 Å².